The molecular formula is C19H19BrN2O2. The molecule has 0 atom stereocenters. The lowest BCUT2D eigenvalue weighted by Crippen LogP contribution is -2.24. The molecular weight excluding hydrogens is 368 g/mol. The lowest BCUT2D eigenvalue weighted by Gasteiger charge is -2.22. The number of piperidine rings is 1. The fraction of sp³-hybridized carbons (Fsp3) is 0.316. The minimum Gasteiger partial charge on any atom is -0.508 e. The highest BCUT2D eigenvalue weighted by Gasteiger charge is 2.25. The van der Waals surface area contributed by atoms with Gasteiger partial charge < -0.3 is 15.4 Å². The van der Waals surface area contributed by atoms with Gasteiger partial charge in [0.05, 0.1) is 10.2 Å². The zero-order chi connectivity index (χ0) is 16.7. The fourth-order valence-corrected chi connectivity index (χ4v) is 4.13. The minimum absolute atomic E-state index is 0.0628. The van der Waals surface area contributed by atoms with Crippen LogP contribution >= 0.6 is 15.9 Å². The van der Waals surface area contributed by atoms with E-state index in [2.05, 4.69) is 26.2 Å². The minimum atomic E-state index is 0.0628. The predicted molar refractivity (Wildman–Crippen MR) is 98.4 cm³/mol. The van der Waals surface area contributed by atoms with E-state index in [-0.39, 0.29) is 11.2 Å². The first-order valence-electron chi connectivity index (χ1n) is 8.30. The van der Waals surface area contributed by atoms with Crippen LogP contribution in [0.3, 0.4) is 0 Å². The van der Waals surface area contributed by atoms with E-state index in [0.29, 0.717) is 10.9 Å². The van der Waals surface area contributed by atoms with Gasteiger partial charge in [0.2, 0.25) is 0 Å². The SMILES string of the molecule is O=c1c(Br)c[nH]c2c1CCc1cc(O)ccc1C2=C1CCNCC1. The van der Waals surface area contributed by atoms with Crippen molar-refractivity contribution in [3.8, 4) is 5.75 Å². The predicted octanol–water partition coefficient (Wildman–Crippen LogP) is 3.13. The van der Waals surface area contributed by atoms with Gasteiger partial charge in [0, 0.05) is 17.3 Å². The largest absolute Gasteiger partial charge is 0.508 e. The number of rotatable bonds is 0. The van der Waals surface area contributed by atoms with Crippen LogP contribution < -0.4 is 10.7 Å². The molecule has 0 radical (unpaired) electrons. The fourth-order valence-electron chi connectivity index (χ4n) is 3.78. The Kier molecular flexibility index (Phi) is 4.06. The first-order chi connectivity index (χ1) is 11.6. The van der Waals surface area contributed by atoms with Gasteiger partial charge >= 0.3 is 0 Å². The van der Waals surface area contributed by atoms with Crippen molar-refractivity contribution in [3.05, 3.63) is 67.0 Å². The summed E-state index contributed by atoms with van der Waals surface area (Å²) in [7, 11) is 0. The second-order valence-corrected chi connectivity index (χ2v) is 7.24. The van der Waals surface area contributed by atoms with Gasteiger partial charge in [0.25, 0.3) is 0 Å². The number of hydrogen-bond donors (Lipinski definition) is 3. The Balaban J connectivity index is 2.03. The number of aromatic hydroxyl groups is 1. The number of benzene rings is 1. The quantitative estimate of drug-likeness (QED) is 0.651. The molecule has 2 heterocycles. The molecule has 1 fully saturated rings. The third-order valence-electron chi connectivity index (χ3n) is 4.95. The maximum absolute atomic E-state index is 12.7. The second-order valence-electron chi connectivity index (χ2n) is 6.39. The summed E-state index contributed by atoms with van der Waals surface area (Å²) in [5.41, 5.74) is 6.63. The van der Waals surface area contributed by atoms with Crippen LogP contribution in [-0.4, -0.2) is 23.2 Å². The van der Waals surface area contributed by atoms with Gasteiger partial charge in [-0.15, -0.1) is 0 Å². The molecule has 0 unspecified atom stereocenters. The lowest BCUT2D eigenvalue weighted by molar-refractivity contribution is 0.474. The van der Waals surface area contributed by atoms with Gasteiger partial charge in [-0.1, -0.05) is 11.6 Å². The van der Waals surface area contributed by atoms with Crippen molar-refractivity contribution in [1.82, 2.24) is 10.3 Å². The number of halogens is 1. The van der Waals surface area contributed by atoms with E-state index in [4.69, 9.17) is 0 Å². The molecule has 1 aromatic heterocycles. The van der Waals surface area contributed by atoms with Crippen molar-refractivity contribution in [2.75, 3.05) is 13.1 Å². The Labute approximate surface area is 148 Å². The summed E-state index contributed by atoms with van der Waals surface area (Å²) >= 11 is 3.35. The number of aromatic nitrogens is 1. The number of nitrogens with one attached hydrogen (secondary N) is 2. The molecule has 24 heavy (non-hydrogen) atoms. The first-order valence-corrected chi connectivity index (χ1v) is 9.10. The third-order valence-corrected chi connectivity index (χ3v) is 5.54. The van der Waals surface area contributed by atoms with Crippen LogP contribution in [0.4, 0.5) is 0 Å². The summed E-state index contributed by atoms with van der Waals surface area (Å²) in [6.07, 6.45) is 5.13. The van der Waals surface area contributed by atoms with Crippen LogP contribution in [0.25, 0.3) is 5.57 Å². The highest BCUT2D eigenvalue weighted by Crippen LogP contribution is 2.37. The van der Waals surface area contributed by atoms with Crippen molar-refractivity contribution >= 4 is 21.5 Å². The highest BCUT2D eigenvalue weighted by atomic mass is 79.9. The average Bonchev–Trinajstić information content (AvgIpc) is 2.76. The molecule has 2 aromatic rings. The maximum Gasteiger partial charge on any atom is 0.199 e. The van der Waals surface area contributed by atoms with Gasteiger partial charge in [-0.25, -0.2) is 0 Å². The molecule has 3 N–H and O–H groups in total. The standard InChI is InChI=1S/C19H19BrN2O2/c20-16-10-22-18-15(19(16)24)3-1-12-9-13(23)2-4-14(12)17(18)11-5-7-21-8-6-11/h2,4,9-10,21,23H,1,3,5-8H2,(H,22,24). The van der Waals surface area contributed by atoms with E-state index in [9.17, 15) is 9.90 Å². The first kappa shape index (κ1) is 15.7. The lowest BCUT2D eigenvalue weighted by atomic mass is 9.89. The normalized spacial score (nSPS) is 17.2. The third kappa shape index (κ3) is 2.62. The molecule has 124 valence electrons. The van der Waals surface area contributed by atoms with Crippen molar-refractivity contribution in [2.45, 2.75) is 25.7 Å². The molecule has 0 spiro atoms. The van der Waals surface area contributed by atoms with E-state index in [1.165, 1.54) is 5.57 Å². The summed E-state index contributed by atoms with van der Waals surface area (Å²) < 4.78 is 0.574. The molecule has 1 aliphatic heterocycles. The summed E-state index contributed by atoms with van der Waals surface area (Å²) in [6.45, 7) is 1.92. The van der Waals surface area contributed by atoms with E-state index in [1.807, 2.05) is 12.1 Å². The summed E-state index contributed by atoms with van der Waals surface area (Å²) in [5, 5.41) is 13.3. The molecule has 1 aliphatic carbocycles. The highest BCUT2D eigenvalue weighted by molar-refractivity contribution is 9.10. The molecule has 4 nitrogen and oxygen atoms in total. The number of H-pyrrole nitrogens is 1. The van der Waals surface area contributed by atoms with Crippen LogP contribution in [0, 0.1) is 0 Å². The summed E-state index contributed by atoms with van der Waals surface area (Å²) in [4.78, 5) is 16.0. The Morgan fingerprint density at radius 1 is 1.08 bits per heavy atom. The van der Waals surface area contributed by atoms with Crippen LogP contribution in [0.2, 0.25) is 0 Å². The van der Waals surface area contributed by atoms with Gasteiger partial charge in [0.15, 0.2) is 5.43 Å². The number of aromatic amines is 1. The Hall–Kier alpha value is -1.85. The Morgan fingerprint density at radius 3 is 2.67 bits per heavy atom. The van der Waals surface area contributed by atoms with Crippen molar-refractivity contribution < 1.29 is 5.11 Å². The van der Waals surface area contributed by atoms with E-state index >= 15 is 0 Å². The number of aryl methyl sites for hydroxylation is 1. The number of hydrogen-bond acceptors (Lipinski definition) is 3. The number of phenols is 1. The monoisotopic (exact) mass is 386 g/mol. The topological polar surface area (TPSA) is 65.1 Å². The van der Waals surface area contributed by atoms with Crippen molar-refractivity contribution in [2.24, 2.45) is 0 Å². The van der Waals surface area contributed by atoms with Gasteiger partial charge in [-0.3, -0.25) is 4.79 Å². The number of pyridine rings is 1. The van der Waals surface area contributed by atoms with E-state index < -0.39 is 0 Å². The maximum atomic E-state index is 12.7. The Bertz CT molecular complexity index is 891. The Morgan fingerprint density at radius 2 is 1.88 bits per heavy atom. The zero-order valence-electron chi connectivity index (χ0n) is 13.3. The van der Waals surface area contributed by atoms with E-state index in [0.717, 1.165) is 60.3 Å². The number of fused-ring (bicyclic) bond motifs is 2. The van der Waals surface area contributed by atoms with Crippen LogP contribution in [0.1, 0.15) is 35.2 Å². The molecule has 0 bridgehead atoms. The van der Waals surface area contributed by atoms with Gasteiger partial charge in [-0.2, -0.15) is 0 Å². The molecule has 0 saturated carbocycles. The zero-order valence-corrected chi connectivity index (χ0v) is 14.9. The summed E-state index contributed by atoms with van der Waals surface area (Å²) in [5.74, 6) is 0.280. The molecule has 1 aromatic carbocycles. The van der Waals surface area contributed by atoms with Crippen LogP contribution in [0.5, 0.6) is 5.75 Å². The molecule has 4 rings (SSSR count). The van der Waals surface area contributed by atoms with Crippen LogP contribution in [0.15, 0.2) is 39.2 Å². The van der Waals surface area contributed by atoms with E-state index in [1.54, 1.807) is 12.3 Å². The van der Waals surface area contributed by atoms with Crippen molar-refractivity contribution in [3.63, 3.8) is 0 Å². The van der Waals surface area contributed by atoms with Crippen molar-refractivity contribution in [1.29, 1.82) is 0 Å². The van der Waals surface area contributed by atoms with Gasteiger partial charge in [0.1, 0.15) is 5.75 Å². The van der Waals surface area contributed by atoms with Gasteiger partial charge in [-0.05, 0) is 78.0 Å². The van der Waals surface area contributed by atoms with Crippen LogP contribution in [-0.2, 0) is 12.8 Å². The molecule has 1 saturated heterocycles. The molecule has 2 aliphatic rings. The molecule has 0 amide bonds. The average molecular weight is 387 g/mol. The number of phenolic OH excluding ortho intramolecular Hbond substituents is 1. The smallest absolute Gasteiger partial charge is 0.199 e. The molecule has 5 heteroatoms. The second kappa shape index (κ2) is 6.22. The summed E-state index contributed by atoms with van der Waals surface area (Å²) in [6, 6.07) is 5.56.